The number of nitro groups is 1. The summed E-state index contributed by atoms with van der Waals surface area (Å²) in [5, 5.41) is 16.3. The number of non-ortho nitro benzene ring substituents is 1. The van der Waals surface area contributed by atoms with Crippen LogP contribution in [-0.2, 0) is 10.0 Å². The number of hydrogen-bond acceptors (Lipinski definition) is 7. The molecule has 0 aliphatic carbocycles. The van der Waals surface area contributed by atoms with Gasteiger partial charge in [0.15, 0.2) is 5.76 Å². The molecular formula is C18H22N4O6S. The molecule has 1 fully saturated rings. The summed E-state index contributed by atoms with van der Waals surface area (Å²) in [6, 6.07) is 7.18. The van der Waals surface area contributed by atoms with Crippen molar-refractivity contribution in [1.82, 2.24) is 9.62 Å². The fourth-order valence-electron chi connectivity index (χ4n) is 3.07. The first-order valence-electron chi connectivity index (χ1n) is 9.16. The Morgan fingerprint density at radius 2 is 1.86 bits per heavy atom. The van der Waals surface area contributed by atoms with E-state index in [0.717, 1.165) is 12.8 Å². The van der Waals surface area contributed by atoms with Crippen molar-refractivity contribution in [3.63, 3.8) is 0 Å². The van der Waals surface area contributed by atoms with E-state index in [4.69, 9.17) is 4.42 Å². The molecule has 0 radical (unpaired) electrons. The average molecular weight is 422 g/mol. The first-order chi connectivity index (χ1) is 13.8. The highest BCUT2D eigenvalue weighted by atomic mass is 32.2. The van der Waals surface area contributed by atoms with Gasteiger partial charge in [-0.25, -0.2) is 8.42 Å². The van der Waals surface area contributed by atoms with Gasteiger partial charge in [0, 0.05) is 50.1 Å². The van der Waals surface area contributed by atoms with Crippen LogP contribution < -0.4 is 10.6 Å². The summed E-state index contributed by atoms with van der Waals surface area (Å²) in [5.74, 6) is -0.386. The van der Waals surface area contributed by atoms with Gasteiger partial charge in [-0.15, -0.1) is 0 Å². The molecule has 2 heterocycles. The number of hydrogen-bond donors (Lipinski definition) is 2. The molecule has 29 heavy (non-hydrogen) atoms. The van der Waals surface area contributed by atoms with Crippen LogP contribution in [-0.4, -0.2) is 49.7 Å². The molecule has 1 aliphatic rings. The molecule has 0 bridgehead atoms. The first-order valence-corrected chi connectivity index (χ1v) is 10.6. The standard InChI is InChI=1S/C18H22N4O6S/c1-13-17(29(26,27)21-10-2-3-11-21)12-16(28-13)18(23)20-9-8-19-14-4-6-15(7-5-14)22(24)25/h4-7,12,19H,2-3,8-11H2,1H3,(H,20,23). The van der Waals surface area contributed by atoms with Crippen LogP contribution >= 0.6 is 0 Å². The molecule has 1 aromatic heterocycles. The van der Waals surface area contributed by atoms with Crippen molar-refractivity contribution in [2.75, 3.05) is 31.5 Å². The first kappa shape index (κ1) is 20.8. The molecule has 2 aromatic rings. The Bertz CT molecular complexity index is 994. The quantitative estimate of drug-likeness (QED) is 0.378. The number of nitrogens with zero attached hydrogens (tertiary/aromatic N) is 2. The van der Waals surface area contributed by atoms with Crippen LogP contribution in [0.15, 0.2) is 39.6 Å². The maximum Gasteiger partial charge on any atom is 0.287 e. The monoisotopic (exact) mass is 422 g/mol. The van der Waals surface area contributed by atoms with Crippen LogP contribution in [0.3, 0.4) is 0 Å². The molecule has 0 unspecified atom stereocenters. The van der Waals surface area contributed by atoms with Crippen molar-refractivity contribution in [3.05, 3.63) is 52.0 Å². The molecule has 0 atom stereocenters. The number of anilines is 1. The topological polar surface area (TPSA) is 135 Å². The van der Waals surface area contributed by atoms with Gasteiger partial charge in [-0.1, -0.05) is 0 Å². The van der Waals surface area contributed by atoms with Crippen LogP contribution in [0.5, 0.6) is 0 Å². The molecule has 3 rings (SSSR count). The Morgan fingerprint density at radius 3 is 2.48 bits per heavy atom. The minimum absolute atomic E-state index is 0.00303. The second-order valence-electron chi connectivity index (χ2n) is 6.63. The Kier molecular flexibility index (Phi) is 6.18. The van der Waals surface area contributed by atoms with E-state index in [9.17, 15) is 23.3 Å². The van der Waals surface area contributed by atoms with Crippen LogP contribution in [0, 0.1) is 17.0 Å². The van der Waals surface area contributed by atoms with E-state index in [1.54, 1.807) is 12.1 Å². The van der Waals surface area contributed by atoms with Crippen molar-refractivity contribution in [1.29, 1.82) is 0 Å². The zero-order chi connectivity index (χ0) is 21.0. The predicted octanol–water partition coefficient (Wildman–Crippen LogP) is 2.12. The van der Waals surface area contributed by atoms with E-state index >= 15 is 0 Å². The molecule has 1 aromatic carbocycles. The number of benzene rings is 1. The molecule has 0 spiro atoms. The van der Waals surface area contributed by atoms with Crippen LogP contribution in [0.2, 0.25) is 0 Å². The third-order valence-electron chi connectivity index (χ3n) is 4.60. The van der Waals surface area contributed by atoms with E-state index in [0.29, 0.717) is 25.3 Å². The zero-order valence-corrected chi connectivity index (χ0v) is 16.7. The highest BCUT2D eigenvalue weighted by molar-refractivity contribution is 7.89. The molecule has 0 saturated carbocycles. The number of nitro benzene ring substituents is 1. The molecule has 1 saturated heterocycles. The average Bonchev–Trinajstić information content (AvgIpc) is 3.36. The summed E-state index contributed by atoms with van der Waals surface area (Å²) in [6.07, 6.45) is 1.65. The maximum atomic E-state index is 12.7. The zero-order valence-electron chi connectivity index (χ0n) is 15.9. The fraction of sp³-hybridized carbons (Fsp3) is 0.389. The molecule has 10 nitrogen and oxygen atoms in total. The van der Waals surface area contributed by atoms with Crippen molar-refractivity contribution in [3.8, 4) is 0 Å². The predicted molar refractivity (Wildman–Crippen MR) is 105 cm³/mol. The van der Waals surface area contributed by atoms with Crippen molar-refractivity contribution >= 4 is 27.3 Å². The Hall–Kier alpha value is -2.92. The largest absolute Gasteiger partial charge is 0.455 e. The number of furan rings is 1. The molecule has 1 amide bonds. The van der Waals surface area contributed by atoms with Gasteiger partial charge >= 0.3 is 0 Å². The van der Waals surface area contributed by atoms with Crippen LogP contribution in [0.25, 0.3) is 0 Å². The summed E-state index contributed by atoms with van der Waals surface area (Å²) in [5.41, 5.74) is 0.675. The van der Waals surface area contributed by atoms with Gasteiger partial charge in [0.2, 0.25) is 10.0 Å². The Labute approximate surface area is 168 Å². The number of rotatable bonds is 8. The molecular weight excluding hydrogens is 400 g/mol. The van der Waals surface area contributed by atoms with Gasteiger partial charge < -0.3 is 15.1 Å². The minimum Gasteiger partial charge on any atom is -0.455 e. The van der Waals surface area contributed by atoms with Crippen molar-refractivity contribution in [2.45, 2.75) is 24.7 Å². The van der Waals surface area contributed by atoms with E-state index < -0.39 is 20.9 Å². The number of sulfonamides is 1. The molecule has 156 valence electrons. The minimum atomic E-state index is -3.65. The number of amides is 1. The van der Waals surface area contributed by atoms with Crippen LogP contribution in [0.1, 0.15) is 29.2 Å². The van der Waals surface area contributed by atoms with Crippen molar-refractivity contribution in [2.24, 2.45) is 0 Å². The summed E-state index contributed by atoms with van der Waals surface area (Å²) in [6.45, 7) is 3.10. The van der Waals surface area contributed by atoms with Gasteiger partial charge in [0.05, 0.1) is 4.92 Å². The Morgan fingerprint density at radius 1 is 1.21 bits per heavy atom. The summed E-state index contributed by atoms with van der Waals surface area (Å²) >= 11 is 0. The number of carbonyl (C=O) groups is 1. The van der Waals surface area contributed by atoms with Crippen LogP contribution in [0.4, 0.5) is 11.4 Å². The van der Waals surface area contributed by atoms with E-state index in [-0.39, 0.29) is 28.6 Å². The molecule has 2 N–H and O–H groups in total. The second kappa shape index (κ2) is 8.62. The maximum absolute atomic E-state index is 12.7. The Balaban J connectivity index is 1.54. The third-order valence-corrected chi connectivity index (χ3v) is 6.60. The fourth-order valence-corrected chi connectivity index (χ4v) is 4.75. The number of aryl methyl sites for hydroxylation is 1. The third kappa shape index (κ3) is 4.74. The second-order valence-corrected chi connectivity index (χ2v) is 8.54. The van der Waals surface area contributed by atoms with Gasteiger partial charge in [-0.2, -0.15) is 4.31 Å². The highest BCUT2D eigenvalue weighted by Gasteiger charge is 2.31. The lowest BCUT2D eigenvalue weighted by Gasteiger charge is -2.14. The van der Waals surface area contributed by atoms with E-state index in [1.165, 1.54) is 29.4 Å². The lowest BCUT2D eigenvalue weighted by atomic mass is 10.3. The van der Waals surface area contributed by atoms with Gasteiger partial charge in [0.1, 0.15) is 10.7 Å². The lowest BCUT2D eigenvalue weighted by molar-refractivity contribution is -0.384. The SMILES string of the molecule is Cc1oc(C(=O)NCCNc2ccc([N+](=O)[O-])cc2)cc1S(=O)(=O)N1CCCC1. The summed E-state index contributed by atoms with van der Waals surface area (Å²) in [4.78, 5) is 22.4. The van der Waals surface area contributed by atoms with Crippen molar-refractivity contribution < 1.29 is 22.6 Å². The van der Waals surface area contributed by atoms with Gasteiger partial charge in [0.25, 0.3) is 11.6 Å². The van der Waals surface area contributed by atoms with Gasteiger partial charge in [-0.3, -0.25) is 14.9 Å². The molecule has 1 aliphatic heterocycles. The smallest absolute Gasteiger partial charge is 0.287 e. The lowest BCUT2D eigenvalue weighted by Crippen LogP contribution is -2.29. The van der Waals surface area contributed by atoms with Gasteiger partial charge in [-0.05, 0) is 31.9 Å². The number of nitrogens with one attached hydrogen (secondary N) is 2. The molecule has 11 heteroatoms. The highest BCUT2D eigenvalue weighted by Crippen LogP contribution is 2.26. The summed E-state index contributed by atoms with van der Waals surface area (Å²) in [7, 11) is -3.65. The van der Waals surface area contributed by atoms with E-state index in [2.05, 4.69) is 10.6 Å². The summed E-state index contributed by atoms with van der Waals surface area (Å²) < 4.78 is 32.1. The van der Waals surface area contributed by atoms with E-state index in [1.807, 2.05) is 0 Å². The number of carbonyl (C=O) groups excluding carboxylic acids is 1. The normalized spacial score (nSPS) is 14.7.